The first kappa shape index (κ1) is 14.8. The maximum Gasteiger partial charge on any atom is 0.138 e. The zero-order chi connectivity index (χ0) is 15.4. The first-order valence-corrected chi connectivity index (χ1v) is 7.63. The molecule has 22 heavy (non-hydrogen) atoms. The lowest BCUT2D eigenvalue weighted by molar-refractivity contribution is 0.132. The number of hydrogen-bond acceptors (Lipinski definition) is 2. The number of benzene rings is 2. The Balaban J connectivity index is 2.03. The number of halogens is 1. The standard InChI is InChI=1S/C18H17ClN2O/c1-2-22-12-16-17(13-8-10-15(19)11-9-13)21-18(20-16)14-6-4-3-5-7-14/h3-11H,2,12H2,1H3,(H,20,21). The fraction of sp³-hybridized carbons (Fsp3) is 0.167. The van der Waals surface area contributed by atoms with E-state index >= 15 is 0 Å². The van der Waals surface area contributed by atoms with Crippen LogP contribution in [0.4, 0.5) is 0 Å². The van der Waals surface area contributed by atoms with Gasteiger partial charge < -0.3 is 9.72 Å². The third-order valence-corrected chi connectivity index (χ3v) is 3.65. The Morgan fingerprint density at radius 3 is 2.41 bits per heavy atom. The van der Waals surface area contributed by atoms with Crippen LogP contribution in [0.5, 0.6) is 0 Å². The number of nitrogens with zero attached hydrogens (tertiary/aromatic N) is 1. The van der Waals surface area contributed by atoms with Gasteiger partial charge in [-0.15, -0.1) is 0 Å². The first-order chi connectivity index (χ1) is 10.8. The van der Waals surface area contributed by atoms with Crippen molar-refractivity contribution in [2.75, 3.05) is 6.61 Å². The second-order valence-electron chi connectivity index (χ2n) is 4.92. The highest BCUT2D eigenvalue weighted by atomic mass is 35.5. The van der Waals surface area contributed by atoms with Crippen LogP contribution in [-0.4, -0.2) is 16.6 Å². The van der Waals surface area contributed by atoms with E-state index < -0.39 is 0 Å². The van der Waals surface area contributed by atoms with Crippen molar-refractivity contribution in [2.45, 2.75) is 13.5 Å². The molecule has 0 spiro atoms. The molecule has 0 aliphatic heterocycles. The predicted molar refractivity (Wildman–Crippen MR) is 89.8 cm³/mol. The number of hydrogen-bond donors (Lipinski definition) is 1. The molecule has 0 unspecified atom stereocenters. The van der Waals surface area contributed by atoms with Crippen LogP contribution in [0.3, 0.4) is 0 Å². The Labute approximate surface area is 134 Å². The van der Waals surface area contributed by atoms with E-state index in [4.69, 9.17) is 21.3 Å². The van der Waals surface area contributed by atoms with E-state index in [0.29, 0.717) is 13.2 Å². The van der Waals surface area contributed by atoms with Gasteiger partial charge in [0.1, 0.15) is 5.82 Å². The molecule has 3 rings (SSSR count). The Morgan fingerprint density at radius 2 is 1.73 bits per heavy atom. The summed E-state index contributed by atoms with van der Waals surface area (Å²) in [7, 11) is 0. The molecule has 0 aliphatic carbocycles. The molecule has 4 heteroatoms. The molecular formula is C18H17ClN2O. The van der Waals surface area contributed by atoms with Gasteiger partial charge in [0, 0.05) is 22.8 Å². The Bertz CT molecular complexity index is 736. The largest absolute Gasteiger partial charge is 0.375 e. The fourth-order valence-electron chi connectivity index (χ4n) is 2.30. The minimum absolute atomic E-state index is 0.484. The van der Waals surface area contributed by atoms with E-state index in [-0.39, 0.29) is 0 Å². The van der Waals surface area contributed by atoms with Crippen molar-refractivity contribution in [3.63, 3.8) is 0 Å². The highest BCUT2D eigenvalue weighted by Crippen LogP contribution is 2.27. The molecule has 2 aromatic carbocycles. The molecule has 0 amide bonds. The molecule has 0 bridgehead atoms. The summed E-state index contributed by atoms with van der Waals surface area (Å²) in [6, 6.07) is 17.8. The molecule has 0 saturated carbocycles. The van der Waals surface area contributed by atoms with Crippen LogP contribution in [0.1, 0.15) is 12.6 Å². The molecule has 0 radical (unpaired) electrons. The number of aromatic amines is 1. The quantitative estimate of drug-likeness (QED) is 0.725. The summed E-state index contributed by atoms with van der Waals surface area (Å²) in [5.74, 6) is 0.847. The van der Waals surface area contributed by atoms with Gasteiger partial charge in [-0.2, -0.15) is 0 Å². The van der Waals surface area contributed by atoms with Crippen LogP contribution in [0, 0.1) is 0 Å². The Kier molecular flexibility index (Phi) is 4.56. The van der Waals surface area contributed by atoms with Crippen LogP contribution in [-0.2, 0) is 11.3 Å². The van der Waals surface area contributed by atoms with Crippen LogP contribution < -0.4 is 0 Å². The average Bonchev–Trinajstić information content (AvgIpc) is 2.98. The summed E-state index contributed by atoms with van der Waals surface area (Å²) in [6.45, 7) is 3.12. The first-order valence-electron chi connectivity index (χ1n) is 7.26. The SMILES string of the molecule is CCOCc1nc(-c2ccccc2)[nH]c1-c1ccc(Cl)cc1. The third-order valence-electron chi connectivity index (χ3n) is 3.40. The van der Waals surface area contributed by atoms with Crippen LogP contribution in [0.25, 0.3) is 22.6 Å². The van der Waals surface area contributed by atoms with Crippen LogP contribution in [0.15, 0.2) is 54.6 Å². The van der Waals surface area contributed by atoms with E-state index in [1.54, 1.807) is 0 Å². The lowest BCUT2D eigenvalue weighted by Crippen LogP contribution is -1.94. The van der Waals surface area contributed by atoms with Gasteiger partial charge in [-0.05, 0) is 19.1 Å². The second kappa shape index (κ2) is 6.77. The predicted octanol–water partition coefficient (Wildman–Crippen LogP) is 4.93. The Hall–Kier alpha value is -2.10. The van der Waals surface area contributed by atoms with Crippen molar-refractivity contribution in [2.24, 2.45) is 0 Å². The van der Waals surface area contributed by atoms with Gasteiger partial charge in [0.05, 0.1) is 18.0 Å². The Morgan fingerprint density at radius 1 is 1.00 bits per heavy atom. The number of ether oxygens (including phenoxy) is 1. The normalized spacial score (nSPS) is 10.8. The molecule has 1 heterocycles. The van der Waals surface area contributed by atoms with Crippen molar-refractivity contribution in [3.8, 4) is 22.6 Å². The highest BCUT2D eigenvalue weighted by molar-refractivity contribution is 6.30. The van der Waals surface area contributed by atoms with E-state index in [1.807, 2.05) is 61.5 Å². The van der Waals surface area contributed by atoms with Gasteiger partial charge in [0.2, 0.25) is 0 Å². The van der Waals surface area contributed by atoms with Crippen molar-refractivity contribution in [1.29, 1.82) is 0 Å². The van der Waals surface area contributed by atoms with Gasteiger partial charge >= 0.3 is 0 Å². The number of nitrogens with one attached hydrogen (secondary N) is 1. The van der Waals surface area contributed by atoms with Crippen molar-refractivity contribution in [3.05, 3.63) is 65.3 Å². The molecule has 3 nitrogen and oxygen atoms in total. The number of H-pyrrole nitrogens is 1. The minimum atomic E-state index is 0.484. The molecule has 1 N–H and O–H groups in total. The van der Waals surface area contributed by atoms with E-state index in [2.05, 4.69) is 4.98 Å². The van der Waals surface area contributed by atoms with Gasteiger partial charge in [0.15, 0.2) is 0 Å². The number of imidazole rings is 1. The highest BCUT2D eigenvalue weighted by Gasteiger charge is 2.13. The maximum absolute atomic E-state index is 5.97. The van der Waals surface area contributed by atoms with Crippen LogP contribution in [0.2, 0.25) is 5.02 Å². The van der Waals surface area contributed by atoms with E-state index in [0.717, 1.165) is 33.4 Å². The molecule has 0 atom stereocenters. The maximum atomic E-state index is 5.97. The lowest BCUT2D eigenvalue weighted by Gasteiger charge is -2.03. The molecule has 0 fully saturated rings. The summed E-state index contributed by atoms with van der Waals surface area (Å²) >= 11 is 5.97. The van der Waals surface area contributed by atoms with Crippen molar-refractivity contribution >= 4 is 11.6 Å². The van der Waals surface area contributed by atoms with Gasteiger partial charge in [-0.3, -0.25) is 0 Å². The second-order valence-corrected chi connectivity index (χ2v) is 5.35. The smallest absolute Gasteiger partial charge is 0.138 e. The third kappa shape index (κ3) is 3.21. The van der Waals surface area contributed by atoms with Crippen LogP contribution >= 0.6 is 11.6 Å². The molecular weight excluding hydrogens is 296 g/mol. The summed E-state index contributed by atoms with van der Waals surface area (Å²) in [5, 5.41) is 0.720. The summed E-state index contributed by atoms with van der Waals surface area (Å²) in [6.07, 6.45) is 0. The lowest BCUT2D eigenvalue weighted by atomic mass is 10.1. The molecule has 0 aliphatic rings. The molecule has 0 saturated heterocycles. The fourth-order valence-corrected chi connectivity index (χ4v) is 2.43. The summed E-state index contributed by atoms with van der Waals surface area (Å²) in [4.78, 5) is 8.11. The monoisotopic (exact) mass is 312 g/mol. The minimum Gasteiger partial charge on any atom is -0.375 e. The van der Waals surface area contributed by atoms with E-state index in [1.165, 1.54) is 0 Å². The summed E-state index contributed by atoms with van der Waals surface area (Å²) < 4.78 is 5.55. The number of rotatable bonds is 5. The average molecular weight is 313 g/mol. The molecule has 3 aromatic rings. The van der Waals surface area contributed by atoms with Gasteiger partial charge in [-0.1, -0.05) is 54.1 Å². The zero-order valence-electron chi connectivity index (χ0n) is 12.3. The summed E-state index contributed by atoms with van der Waals surface area (Å²) in [5.41, 5.74) is 3.99. The topological polar surface area (TPSA) is 37.9 Å². The number of aromatic nitrogens is 2. The van der Waals surface area contributed by atoms with Gasteiger partial charge in [-0.25, -0.2) is 4.98 Å². The zero-order valence-corrected chi connectivity index (χ0v) is 13.1. The van der Waals surface area contributed by atoms with E-state index in [9.17, 15) is 0 Å². The van der Waals surface area contributed by atoms with Crippen molar-refractivity contribution in [1.82, 2.24) is 9.97 Å². The van der Waals surface area contributed by atoms with Gasteiger partial charge in [0.25, 0.3) is 0 Å². The molecule has 112 valence electrons. The van der Waals surface area contributed by atoms with Crippen molar-refractivity contribution < 1.29 is 4.74 Å². The molecule has 1 aromatic heterocycles.